The summed E-state index contributed by atoms with van der Waals surface area (Å²) in [4.78, 5) is 13.7. The number of hydrogen-bond acceptors (Lipinski definition) is 2. The fourth-order valence-electron chi connectivity index (χ4n) is 2.34. The van der Waals surface area contributed by atoms with Crippen molar-refractivity contribution in [3.8, 4) is 0 Å². The highest BCUT2D eigenvalue weighted by atomic mass is 35.5. The number of carbonyl (C=O) groups excluding carboxylic acids is 1. The number of anilines is 2. The predicted octanol–water partition coefficient (Wildman–Crippen LogP) is 3.92. The highest BCUT2D eigenvalue weighted by Crippen LogP contribution is 2.31. The van der Waals surface area contributed by atoms with E-state index in [2.05, 4.69) is 17.1 Å². The van der Waals surface area contributed by atoms with E-state index in [4.69, 9.17) is 11.6 Å². The van der Waals surface area contributed by atoms with Crippen LogP contribution in [0.2, 0.25) is 5.02 Å². The highest BCUT2D eigenvalue weighted by Gasteiger charge is 2.18. The SMILES string of the molecule is CCC(=O)Nc1ccc(N2CCC(C)CC2)c(Cl)c1. The Kier molecular flexibility index (Phi) is 4.70. The normalized spacial score (nSPS) is 16.5. The zero-order valence-corrected chi connectivity index (χ0v) is 12.3. The standard InChI is InChI=1S/C15H21ClN2O/c1-3-15(19)17-12-4-5-14(13(16)10-12)18-8-6-11(2)7-9-18/h4-5,10-11H,3,6-9H2,1-2H3,(H,17,19). The summed E-state index contributed by atoms with van der Waals surface area (Å²) in [7, 11) is 0. The Morgan fingerprint density at radius 1 is 1.42 bits per heavy atom. The Bertz CT molecular complexity index is 453. The van der Waals surface area contributed by atoms with Gasteiger partial charge in [-0.25, -0.2) is 0 Å². The van der Waals surface area contributed by atoms with E-state index in [1.165, 1.54) is 12.8 Å². The number of nitrogens with zero attached hydrogens (tertiary/aromatic N) is 1. The number of piperidine rings is 1. The first-order chi connectivity index (χ1) is 9.10. The maximum absolute atomic E-state index is 11.4. The molecule has 0 aromatic heterocycles. The van der Waals surface area contributed by atoms with Gasteiger partial charge in [-0.15, -0.1) is 0 Å². The van der Waals surface area contributed by atoms with E-state index in [0.717, 1.165) is 30.4 Å². The van der Waals surface area contributed by atoms with Crippen LogP contribution in [0.1, 0.15) is 33.1 Å². The Labute approximate surface area is 119 Å². The second-order valence-corrected chi connectivity index (χ2v) is 5.64. The summed E-state index contributed by atoms with van der Waals surface area (Å²) in [5.41, 5.74) is 1.84. The van der Waals surface area contributed by atoms with Crippen molar-refractivity contribution < 1.29 is 4.79 Å². The van der Waals surface area contributed by atoms with Crippen LogP contribution in [-0.2, 0) is 4.79 Å². The van der Waals surface area contributed by atoms with E-state index in [-0.39, 0.29) is 5.91 Å². The number of nitrogens with one attached hydrogen (secondary N) is 1. The maximum Gasteiger partial charge on any atom is 0.224 e. The van der Waals surface area contributed by atoms with Gasteiger partial charge in [-0.2, -0.15) is 0 Å². The molecule has 104 valence electrons. The molecule has 1 aliphatic rings. The first-order valence-corrected chi connectivity index (χ1v) is 7.32. The van der Waals surface area contributed by atoms with Gasteiger partial charge in [0.2, 0.25) is 5.91 Å². The van der Waals surface area contributed by atoms with Crippen LogP contribution < -0.4 is 10.2 Å². The average Bonchev–Trinajstić information content (AvgIpc) is 2.40. The molecule has 4 heteroatoms. The lowest BCUT2D eigenvalue weighted by Crippen LogP contribution is -2.32. The average molecular weight is 281 g/mol. The molecule has 1 aromatic rings. The fraction of sp³-hybridized carbons (Fsp3) is 0.533. The van der Waals surface area contributed by atoms with Crippen LogP contribution >= 0.6 is 11.6 Å². The van der Waals surface area contributed by atoms with Crippen molar-refractivity contribution in [2.24, 2.45) is 5.92 Å². The Hall–Kier alpha value is -1.22. The Balaban J connectivity index is 2.08. The number of carbonyl (C=O) groups is 1. The van der Waals surface area contributed by atoms with Crippen molar-refractivity contribution in [3.63, 3.8) is 0 Å². The number of halogens is 1. The van der Waals surface area contributed by atoms with Gasteiger partial charge in [0, 0.05) is 25.2 Å². The smallest absolute Gasteiger partial charge is 0.224 e. The van der Waals surface area contributed by atoms with Crippen molar-refractivity contribution >= 4 is 28.9 Å². The minimum atomic E-state index is 0.00983. The van der Waals surface area contributed by atoms with Gasteiger partial charge >= 0.3 is 0 Å². The lowest BCUT2D eigenvalue weighted by Gasteiger charge is -2.32. The van der Waals surface area contributed by atoms with Crippen LogP contribution in [0.4, 0.5) is 11.4 Å². The summed E-state index contributed by atoms with van der Waals surface area (Å²) < 4.78 is 0. The minimum Gasteiger partial charge on any atom is -0.370 e. The molecule has 0 bridgehead atoms. The summed E-state index contributed by atoms with van der Waals surface area (Å²) in [5.74, 6) is 0.814. The second-order valence-electron chi connectivity index (χ2n) is 5.24. The molecule has 0 unspecified atom stereocenters. The zero-order valence-electron chi connectivity index (χ0n) is 11.6. The lowest BCUT2D eigenvalue weighted by atomic mass is 9.99. The summed E-state index contributed by atoms with van der Waals surface area (Å²) >= 11 is 6.33. The predicted molar refractivity (Wildman–Crippen MR) is 81.0 cm³/mol. The van der Waals surface area contributed by atoms with Gasteiger partial charge in [-0.3, -0.25) is 4.79 Å². The maximum atomic E-state index is 11.4. The van der Waals surface area contributed by atoms with Gasteiger partial charge in [0.15, 0.2) is 0 Å². The van der Waals surface area contributed by atoms with E-state index < -0.39 is 0 Å². The van der Waals surface area contributed by atoms with Crippen LogP contribution in [-0.4, -0.2) is 19.0 Å². The molecule has 2 rings (SSSR count). The van der Waals surface area contributed by atoms with Crippen molar-refractivity contribution in [1.82, 2.24) is 0 Å². The Morgan fingerprint density at radius 2 is 2.11 bits per heavy atom. The number of benzene rings is 1. The third-order valence-corrected chi connectivity index (χ3v) is 3.98. The van der Waals surface area contributed by atoms with Crippen molar-refractivity contribution in [2.75, 3.05) is 23.3 Å². The van der Waals surface area contributed by atoms with Gasteiger partial charge in [-0.1, -0.05) is 25.4 Å². The van der Waals surface area contributed by atoms with Gasteiger partial charge in [0.25, 0.3) is 0 Å². The van der Waals surface area contributed by atoms with Crippen LogP contribution in [0.25, 0.3) is 0 Å². The fourth-order valence-corrected chi connectivity index (χ4v) is 2.64. The Morgan fingerprint density at radius 3 is 2.68 bits per heavy atom. The molecule has 1 amide bonds. The molecule has 1 aromatic carbocycles. The van der Waals surface area contributed by atoms with Gasteiger partial charge in [-0.05, 0) is 37.0 Å². The monoisotopic (exact) mass is 280 g/mol. The molecule has 1 aliphatic heterocycles. The van der Waals surface area contributed by atoms with Crippen molar-refractivity contribution in [2.45, 2.75) is 33.1 Å². The number of hydrogen-bond donors (Lipinski definition) is 1. The molecule has 1 saturated heterocycles. The quantitative estimate of drug-likeness (QED) is 0.910. The third kappa shape index (κ3) is 3.63. The summed E-state index contributed by atoms with van der Waals surface area (Å²) in [6, 6.07) is 5.76. The van der Waals surface area contributed by atoms with Crippen LogP contribution in [0.15, 0.2) is 18.2 Å². The topological polar surface area (TPSA) is 32.3 Å². The zero-order chi connectivity index (χ0) is 13.8. The molecular weight excluding hydrogens is 260 g/mol. The molecule has 1 fully saturated rings. The molecule has 1 N–H and O–H groups in total. The van der Waals surface area contributed by atoms with Crippen molar-refractivity contribution in [3.05, 3.63) is 23.2 Å². The van der Waals surface area contributed by atoms with Crippen LogP contribution in [0.3, 0.4) is 0 Å². The third-order valence-electron chi connectivity index (χ3n) is 3.68. The van der Waals surface area contributed by atoms with Gasteiger partial charge < -0.3 is 10.2 Å². The molecule has 0 atom stereocenters. The van der Waals surface area contributed by atoms with Crippen molar-refractivity contribution in [1.29, 1.82) is 0 Å². The molecule has 0 saturated carbocycles. The van der Waals surface area contributed by atoms with Crippen LogP contribution in [0.5, 0.6) is 0 Å². The molecule has 1 heterocycles. The van der Waals surface area contributed by atoms with E-state index in [9.17, 15) is 4.79 Å². The molecule has 0 aliphatic carbocycles. The molecule has 3 nitrogen and oxygen atoms in total. The van der Waals surface area contributed by atoms with Crippen LogP contribution in [0, 0.1) is 5.92 Å². The van der Waals surface area contributed by atoms with E-state index >= 15 is 0 Å². The summed E-state index contributed by atoms with van der Waals surface area (Å²) in [6.45, 7) is 6.24. The summed E-state index contributed by atoms with van der Waals surface area (Å²) in [5, 5.41) is 3.54. The highest BCUT2D eigenvalue weighted by molar-refractivity contribution is 6.33. The number of rotatable bonds is 3. The molecule has 19 heavy (non-hydrogen) atoms. The molecular formula is C15H21ClN2O. The lowest BCUT2D eigenvalue weighted by molar-refractivity contribution is -0.115. The van der Waals surface area contributed by atoms with E-state index in [0.29, 0.717) is 11.4 Å². The second kappa shape index (κ2) is 6.29. The number of amides is 1. The van der Waals surface area contributed by atoms with Gasteiger partial charge in [0.1, 0.15) is 0 Å². The molecule has 0 radical (unpaired) electrons. The first-order valence-electron chi connectivity index (χ1n) is 6.94. The van der Waals surface area contributed by atoms with E-state index in [1.54, 1.807) is 0 Å². The first kappa shape index (κ1) is 14.2. The van der Waals surface area contributed by atoms with Gasteiger partial charge in [0.05, 0.1) is 10.7 Å². The largest absolute Gasteiger partial charge is 0.370 e. The molecule has 0 spiro atoms. The minimum absolute atomic E-state index is 0.00983. The summed E-state index contributed by atoms with van der Waals surface area (Å²) in [6.07, 6.45) is 2.90. The van der Waals surface area contributed by atoms with E-state index in [1.807, 2.05) is 25.1 Å².